The number of alkyl halides is 3. The predicted molar refractivity (Wildman–Crippen MR) is 122 cm³/mol. The fraction of sp³-hybridized carbons (Fsp3) is 0.167. The molecular weight excluding hydrogens is 461 g/mol. The fourth-order valence-corrected chi connectivity index (χ4v) is 3.76. The molecule has 5 aromatic rings. The van der Waals surface area contributed by atoms with E-state index in [4.69, 9.17) is 4.42 Å². The van der Waals surface area contributed by atoms with Crippen molar-refractivity contribution in [2.75, 3.05) is 11.9 Å². The minimum atomic E-state index is -4.74. The molecule has 1 N–H and O–H groups in total. The molecule has 2 aromatic carbocycles. The standard InChI is InChI=1S/C24H19F3N6O2/c25-24(26,27)35-18-5-2-16(3-6-18)17-4-7-21-19(12-17)22(20(13-30-21)23-32-31-15-34-23)29-8-1-10-33-11-9-28-14-33/h2-7,9,11-15H,1,8,10H2,(H,29,30). The van der Waals surface area contributed by atoms with Crippen LogP contribution in [-0.2, 0) is 6.54 Å². The maximum atomic E-state index is 12.5. The van der Waals surface area contributed by atoms with Crippen molar-refractivity contribution < 1.29 is 22.3 Å². The molecule has 0 unspecified atom stereocenters. The lowest BCUT2D eigenvalue weighted by atomic mass is 10.0. The van der Waals surface area contributed by atoms with Gasteiger partial charge in [0.15, 0.2) is 0 Å². The number of pyridine rings is 1. The maximum absolute atomic E-state index is 12.5. The summed E-state index contributed by atoms with van der Waals surface area (Å²) in [4.78, 5) is 8.58. The zero-order valence-corrected chi connectivity index (χ0v) is 18.2. The average Bonchev–Trinajstić information content (AvgIpc) is 3.55. The molecule has 0 fully saturated rings. The Labute approximate surface area is 197 Å². The highest BCUT2D eigenvalue weighted by Crippen LogP contribution is 2.35. The molecule has 5 rings (SSSR count). The van der Waals surface area contributed by atoms with Crippen molar-refractivity contribution in [3.05, 3.63) is 73.8 Å². The van der Waals surface area contributed by atoms with Crippen molar-refractivity contribution in [1.82, 2.24) is 24.7 Å². The van der Waals surface area contributed by atoms with Gasteiger partial charge in [0, 0.05) is 37.1 Å². The molecule has 0 saturated carbocycles. The highest BCUT2D eigenvalue weighted by Gasteiger charge is 2.31. The van der Waals surface area contributed by atoms with Crippen LogP contribution in [0.4, 0.5) is 18.9 Å². The minimum absolute atomic E-state index is 0.275. The highest BCUT2D eigenvalue weighted by atomic mass is 19.4. The van der Waals surface area contributed by atoms with Crippen LogP contribution in [0.2, 0.25) is 0 Å². The van der Waals surface area contributed by atoms with E-state index in [1.165, 1.54) is 18.5 Å². The first-order valence-electron chi connectivity index (χ1n) is 10.7. The van der Waals surface area contributed by atoms with Gasteiger partial charge in [-0.15, -0.1) is 23.4 Å². The summed E-state index contributed by atoms with van der Waals surface area (Å²) < 4.78 is 48.9. The first kappa shape index (κ1) is 22.4. The van der Waals surface area contributed by atoms with Gasteiger partial charge in [-0.3, -0.25) is 4.98 Å². The average molecular weight is 480 g/mol. The third-order valence-corrected chi connectivity index (χ3v) is 5.33. The zero-order valence-electron chi connectivity index (χ0n) is 18.2. The largest absolute Gasteiger partial charge is 0.573 e. The van der Waals surface area contributed by atoms with E-state index in [1.807, 2.05) is 29.0 Å². The summed E-state index contributed by atoms with van der Waals surface area (Å²) in [6.45, 7) is 1.45. The van der Waals surface area contributed by atoms with Crippen LogP contribution in [0.1, 0.15) is 6.42 Å². The number of nitrogens with zero attached hydrogens (tertiary/aromatic N) is 5. The molecule has 0 aliphatic heterocycles. The van der Waals surface area contributed by atoms with Crippen molar-refractivity contribution in [3.8, 4) is 28.3 Å². The Morgan fingerprint density at radius 3 is 2.60 bits per heavy atom. The van der Waals surface area contributed by atoms with Gasteiger partial charge in [-0.25, -0.2) is 4.98 Å². The molecule has 0 amide bonds. The van der Waals surface area contributed by atoms with Crippen LogP contribution in [0.5, 0.6) is 5.75 Å². The van der Waals surface area contributed by atoms with Crippen LogP contribution in [0.25, 0.3) is 33.5 Å². The van der Waals surface area contributed by atoms with E-state index in [2.05, 4.69) is 30.2 Å². The Morgan fingerprint density at radius 1 is 1.06 bits per heavy atom. The second kappa shape index (κ2) is 9.45. The van der Waals surface area contributed by atoms with Crippen LogP contribution < -0.4 is 10.1 Å². The number of anilines is 1. The van der Waals surface area contributed by atoms with Crippen LogP contribution in [0.15, 0.2) is 78.2 Å². The Balaban J connectivity index is 1.47. The Kier molecular flexibility index (Phi) is 6.04. The Hall–Kier alpha value is -4.41. The van der Waals surface area contributed by atoms with Crippen molar-refractivity contribution in [1.29, 1.82) is 0 Å². The van der Waals surface area contributed by atoms with E-state index in [0.717, 1.165) is 40.7 Å². The molecule has 3 heterocycles. The van der Waals surface area contributed by atoms with Crippen molar-refractivity contribution in [2.24, 2.45) is 0 Å². The normalized spacial score (nSPS) is 11.6. The molecule has 0 aliphatic rings. The SMILES string of the molecule is FC(F)(F)Oc1ccc(-c2ccc3ncc(-c4nnco4)c(NCCCn4ccnc4)c3c2)cc1. The van der Waals surface area contributed by atoms with Gasteiger partial charge in [0.05, 0.1) is 23.1 Å². The number of aromatic nitrogens is 5. The maximum Gasteiger partial charge on any atom is 0.573 e. The number of rotatable bonds is 8. The molecular formula is C24H19F3N6O2. The number of nitrogens with one attached hydrogen (secondary N) is 1. The highest BCUT2D eigenvalue weighted by molar-refractivity contribution is 6.00. The lowest BCUT2D eigenvalue weighted by Gasteiger charge is -2.14. The zero-order chi connectivity index (χ0) is 24.3. The third-order valence-electron chi connectivity index (χ3n) is 5.33. The van der Waals surface area contributed by atoms with E-state index in [-0.39, 0.29) is 5.75 Å². The number of hydrogen-bond acceptors (Lipinski definition) is 7. The van der Waals surface area contributed by atoms with E-state index in [1.54, 1.807) is 30.9 Å². The molecule has 3 aromatic heterocycles. The van der Waals surface area contributed by atoms with E-state index in [0.29, 0.717) is 18.0 Å². The van der Waals surface area contributed by atoms with Gasteiger partial charge in [0.1, 0.15) is 5.75 Å². The van der Waals surface area contributed by atoms with Crippen LogP contribution >= 0.6 is 0 Å². The molecule has 0 saturated heterocycles. The molecule has 0 radical (unpaired) electrons. The second-order valence-electron chi connectivity index (χ2n) is 7.68. The van der Waals surface area contributed by atoms with E-state index in [9.17, 15) is 13.2 Å². The lowest BCUT2D eigenvalue weighted by molar-refractivity contribution is -0.274. The molecule has 35 heavy (non-hydrogen) atoms. The molecule has 178 valence electrons. The van der Waals surface area contributed by atoms with Gasteiger partial charge < -0.3 is 19.0 Å². The summed E-state index contributed by atoms with van der Waals surface area (Å²) in [6.07, 6.45) is 4.44. The van der Waals surface area contributed by atoms with Crippen LogP contribution in [-0.4, -0.2) is 37.6 Å². The molecule has 0 atom stereocenters. The van der Waals surface area contributed by atoms with Crippen molar-refractivity contribution in [2.45, 2.75) is 19.3 Å². The fourth-order valence-electron chi connectivity index (χ4n) is 3.76. The summed E-state index contributed by atoms with van der Waals surface area (Å²) in [5.41, 5.74) is 3.72. The number of fused-ring (bicyclic) bond motifs is 1. The molecule has 8 nitrogen and oxygen atoms in total. The molecule has 0 bridgehead atoms. The topological polar surface area (TPSA) is 90.9 Å². The first-order chi connectivity index (χ1) is 17.0. The third kappa shape index (κ3) is 5.24. The number of benzene rings is 2. The van der Waals surface area contributed by atoms with Gasteiger partial charge in [-0.2, -0.15) is 0 Å². The lowest BCUT2D eigenvalue weighted by Crippen LogP contribution is -2.16. The first-order valence-corrected chi connectivity index (χ1v) is 10.7. The van der Waals surface area contributed by atoms with E-state index >= 15 is 0 Å². The molecule has 0 spiro atoms. The van der Waals surface area contributed by atoms with Gasteiger partial charge in [-0.1, -0.05) is 18.2 Å². The van der Waals surface area contributed by atoms with Crippen molar-refractivity contribution in [3.63, 3.8) is 0 Å². The quantitative estimate of drug-likeness (QED) is 0.291. The Morgan fingerprint density at radius 2 is 1.89 bits per heavy atom. The Bertz CT molecular complexity index is 1400. The number of aryl methyl sites for hydroxylation is 1. The second-order valence-corrected chi connectivity index (χ2v) is 7.68. The van der Waals surface area contributed by atoms with Gasteiger partial charge in [0.2, 0.25) is 6.39 Å². The van der Waals surface area contributed by atoms with Crippen molar-refractivity contribution >= 4 is 16.6 Å². The van der Waals surface area contributed by atoms with Gasteiger partial charge in [-0.05, 0) is 41.8 Å². The number of imidazole rings is 1. The molecule has 11 heteroatoms. The summed E-state index contributed by atoms with van der Waals surface area (Å²) in [6, 6.07) is 11.4. The summed E-state index contributed by atoms with van der Waals surface area (Å²) in [5.74, 6) is 0.0539. The summed E-state index contributed by atoms with van der Waals surface area (Å²) in [5, 5.41) is 12.1. The number of ether oxygens (including phenoxy) is 1. The minimum Gasteiger partial charge on any atom is -0.423 e. The molecule has 0 aliphatic carbocycles. The predicted octanol–water partition coefficient (Wildman–Crippen LogP) is 5.55. The summed E-state index contributed by atoms with van der Waals surface area (Å²) in [7, 11) is 0. The van der Waals surface area contributed by atoms with Gasteiger partial charge in [0.25, 0.3) is 5.89 Å². The number of halogens is 3. The van der Waals surface area contributed by atoms with Gasteiger partial charge >= 0.3 is 6.36 Å². The summed E-state index contributed by atoms with van der Waals surface area (Å²) >= 11 is 0. The van der Waals surface area contributed by atoms with E-state index < -0.39 is 6.36 Å². The number of hydrogen-bond donors (Lipinski definition) is 1. The smallest absolute Gasteiger partial charge is 0.423 e. The van der Waals surface area contributed by atoms with Crippen LogP contribution in [0, 0.1) is 0 Å². The van der Waals surface area contributed by atoms with Crippen LogP contribution in [0.3, 0.4) is 0 Å². The monoisotopic (exact) mass is 480 g/mol.